The van der Waals surface area contributed by atoms with Crippen LogP contribution in [0.15, 0.2) is 0 Å². The summed E-state index contributed by atoms with van der Waals surface area (Å²) < 4.78 is 0. The van der Waals surface area contributed by atoms with Crippen molar-refractivity contribution in [2.24, 2.45) is 0 Å². The van der Waals surface area contributed by atoms with Gasteiger partial charge in [0.05, 0.1) is 0 Å². The number of nitriles is 1. The molecule has 0 rings (SSSR count). The molecule has 0 saturated heterocycles. The molecule has 0 heterocycles. The Kier molecular flexibility index (Phi) is 4.94. The van der Waals surface area contributed by atoms with Crippen molar-refractivity contribution in [3.8, 4) is 6.19 Å². The van der Waals surface area contributed by atoms with Gasteiger partial charge in [0.1, 0.15) is 0 Å². The Labute approximate surface area is 56.2 Å². The first-order chi connectivity index (χ1) is 4.35. The van der Waals surface area contributed by atoms with Gasteiger partial charge >= 0.3 is 0 Å². The summed E-state index contributed by atoms with van der Waals surface area (Å²) in [5, 5.41) is 9.88. The van der Waals surface area contributed by atoms with Crippen LogP contribution in [0.4, 0.5) is 0 Å². The van der Waals surface area contributed by atoms with Gasteiger partial charge in [-0.05, 0) is 13.3 Å². The molecule has 9 heavy (non-hydrogen) atoms. The Morgan fingerprint density at radius 3 is 2.56 bits per heavy atom. The number of rotatable bonds is 4. The molecule has 0 bridgehead atoms. The fourth-order valence-corrected chi connectivity index (χ4v) is 0.465. The van der Waals surface area contributed by atoms with E-state index in [1.807, 2.05) is 13.1 Å². The van der Waals surface area contributed by atoms with E-state index in [0.717, 1.165) is 19.5 Å². The van der Waals surface area contributed by atoms with Crippen LogP contribution in [0.2, 0.25) is 0 Å². The molecule has 0 amide bonds. The Hall–Kier alpha value is -0.750. The molecule has 0 spiro atoms. The summed E-state index contributed by atoms with van der Waals surface area (Å²) in [6, 6.07) is 0. The summed E-state index contributed by atoms with van der Waals surface area (Å²) in [5.41, 5.74) is 2.94. The lowest BCUT2D eigenvalue weighted by atomic mass is 10.5. The Morgan fingerprint density at radius 1 is 1.56 bits per heavy atom. The Morgan fingerprint density at radius 2 is 2.22 bits per heavy atom. The van der Waals surface area contributed by atoms with Crippen LogP contribution in [-0.4, -0.2) is 18.1 Å². The molecule has 3 nitrogen and oxygen atoms in total. The van der Waals surface area contributed by atoms with Crippen LogP contribution >= 0.6 is 0 Å². The Bertz CT molecular complexity index is 95.0. The van der Waals surface area contributed by atoms with Crippen LogP contribution < -0.4 is 5.43 Å². The summed E-state index contributed by atoms with van der Waals surface area (Å²) in [5.74, 6) is 0. The third kappa shape index (κ3) is 3.80. The van der Waals surface area contributed by atoms with Gasteiger partial charge in [0.15, 0.2) is 6.19 Å². The quantitative estimate of drug-likeness (QED) is 0.343. The topological polar surface area (TPSA) is 39.1 Å². The van der Waals surface area contributed by atoms with Crippen molar-refractivity contribution in [1.82, 2.24) is 10.4 Å². The van der Waals surface area contributed by atoms with E-state index in [9.17, 15) is 0 Å². The predicted octanol–water partition coefficient (Wildman–Crippen LogP) is 0.704. The zero-order valence-electron chi connectivity index (χ0n) is 6.02. The summed E-state index contributed by atoms with van der Waals surface area (Å²) in [4.78, 5) is 0. The average Bonchev–Trinajstić information content (AvgIpc) is 1.91. The van der Waals surface area contributed by atoms with Crippen LogP contribution in [0, 0.1) is 11.5 Å². The average molecular weight is 127 g/mol. The standard InChI is InChI=1S/C6H13N3/c1-3-5-8-9(4-2)6-7/h8H,3-5H2,1-2H3. The summed E-state index contributed by atoms with van der Waals surface area (Å²) in [6.45, 7) is 5.61. The molecule has 0 aromatic heterocycles. The molecule has 0 aromatic rings. The second-order valence-corrected chi connectivity index (χ2v) is 1.75. The molecule has 0 aliphatic carbocycles. The second-order valence-electron chi connectivity index (χ2n) is 1.75. The fraction of sp³-hybridized carbons (Fsp3) is 0.833. The summed E-state index contributed by atoms with van der Waals surface area (Å²) in [6.07, 6.45) is 3.06. The minimum Gasteiger partial charge on any atom is -0.245 e. The summed E-state index contributed by atoms with van der Waals surface area (Å²) in [7, 11) is 0. The predicted molar refractivity (Wildman–Crippen MR) is 36.3 cm³/mol. The van der Waals surface area contributed by atoms with Crippen molar-refractivity contribution in [3.05, 3.63) is 0 Å². The zero-order valence-corrected chi connectivity index (χ0v) is 6.02. The first-order valence-electron chi connectivity index (χ1n) is 3.25. The number of hydrogen-bond acceptors (Lipinski definition) is 3. The highest BCUT2D eigenvalue weighted by Gasteiger charge is 1.91. The van der Waals surface area contributed by atoms with Crippen molar-refractivity contribution in [3.63, 3.8) is 0 Å². The molecular weight excluding hydrogens is 114 g/mol. The highest BCUT2D eigenvalue weighted by molar-refractivity contribution is 4.66. The van der Waals surface area contributed by atoms with Crippen LogP contribution in [0.1, 0.15) is 20.3 Å². The molecule has 1 N–H and O–H groups in total. The maximum atomic E-state index is 8.37. The van der Waals surface area contributed by atoms with Crippen molar-refractivity contribution in [2.75, 3.05) is 13.1 Å². The van der Waals surface area contributed by atoms with E-state index in [4.69, 9.17) is 5.26 Å². The van der Waals surface area contributed by atoms with Gasteiger partial charge in [0, 0.05) is 13.1 Å². The van der Waals surface area contributed by atoms with Gasteiger partial charge in [0.25, 0.3) is 0 Å². The molecule has 0 unspecified atom stereocenters. The van der Waals surface area contributed by atoms with E-state index in [1.54, 1.807) is 0 Å². The normalized spacial score (nSPS) is 8.56. The lowest BCUT2D eigenvalue weighted by Gasteiger charge is -2.12. The molecule has 0 aliphatic rings. The molecule has 0 aromatic carbocycles. The number of nitrogens with zero attached hydrogens (tertiary/aromatic N) is 2. The van der Waals surface area contributed by atoms with E-state index in [-0.39, 0.29) is 0 Å². The van der Waals surface area contributed by atoms with Gasteiger partial charge in [0.2, 0.25) is 0 Å². The highest BCUT2D eigenvalue weighted by Crippen LogP contribution is 1.77. The van der Waals surface area contributed by atoms with E-state index < -0.39 is 0 Å². The molecule has 0 radical (unpaired) electrons. The minimum atomic E-state index is 0.733. The van der Waals surface area contributed by atoms with Gasteiger partial charge < -0.3 is 0 Å². The van der Waals surface area contributed by atoms with E-state index in [1.165, 1.54) is 5.01 Å². The molecule has 3 heteroatoms. The first-order valence-corrected chi connectivity index (χ1v) is 3.25. The van der Waals surface area contributed by atoms with Gasteiger partial charge in [-0.1, -0.05) is 6.92 Å². The third-order valence-electron chi connectivity index (χ3n) is 0.990. The fourth-order valence-electron chi connectivity index (χ4n) is 0.465. The lowest BCUT2D eigenvalue weighted by molar-refractivity contribution is 0.299. The van der Waals surface area contributed by atoms with Crippen LogP contribution in [0.3, 0.4) is 0 Å². The van der Waals surface area contributed by atoms with Crippen molar-refractivity contribution < 1.29 is 0 Å². The van der Waals surface area contributed by atoms with Crippen LogP contribution in [-0.2, 0) is 0 Å². The molecular formula is C6H13N3. The second kappa shape index (κ2) is 5.39. The third-order valence-corrected chi connectivity index (χ3v) is 0.990. The number of nitrogens with one attached hydrogen (secondary N) is 1. The van der Waals surface area contributed by atoms with Crippen molar-refractivity contribution >= 4 is 0 Å². The Balaban J connectivity index is 3.23. The van der Waals surface area contributed by atoms with Crippen LogP contribution in [0.25, 0.3) is 0 Å². The van der Waals surface area contributed by atoms with Gasteiger partial charge in [-0.3, -0.25) is 0 Å². The maximum absolute atomic E-state index is 8.37. The monoisotopic (exact) mass is 127 g/mol. The zero-order chi connectivity index (χ0) is 7.11. The minimum absolute atomic E-state index is 0.733. The first kappa shape index (κ1) is 8.25. The number of hydrogen-bond donors (Lipinski definition) is 1. The molecule has 0 aliphatic heterocycles. The van der Waals surface area contributed by atoms with Gasteiger partial charge in [-0.2, -0.15) is 5.26 Å². The SMILES string of the molecule is CCCNN(C#N)CC. The van der Waals surface area contributed by atoms with Crippen LogP contribution in [0.5, 0.6) is 0 Å². The van der Waals surface area contributed by atoms with E-state index in [2.05, 4.69) is 12.3 Å². The highest BCUT2D eigenvalue weighted by atomic mass is 15.5. The number of hydrazine groups is 1. The lowest BCUT2D eigenvalue weighted by Crippen LogP contribution is -2.33. The molecule has 0 saturated carbocycles. The maximum Gasteiger partial charge on any atom is 0.195 e. The molecule has 52 valence electrons. The molecule has 0 fully saturated rings. The molecule has 0 atom stereocenters. The summed E-state index contributed by atoms with van der Waals surface area (Å²) >= 11 is 0. The van der Waals surface area contributed by atoms with E-state index in [0.29, 0.717) is 0 Å². The smallest absolute Gasteiger partial charge is 0.195 e. The van der Waals surface area contributed by atoms with Crippen molar-refractivity contribution in [2.45, 2.75) is 20.3 Å². The van der Waals surface area contributed by atoms with Gasteiger partial charge in [-0.15, -0.1) is 0 Å². The van der Waals surface area contributed by atoms with Gasteiger partial charge in [-0.25, -0.2) is 10.4 Å². The van der Waals surface area contributed by atoms with E-state index >= 15 is 0 Å². The van der Waals surface area contributed by atoms with Crippen molar-refractivity contribution in [1.29, 1.82) is 5.26 Å². The largest absolute Gasteiger partial charge is 0.245 e.